The molecule has 3 rings (SSSR count). The van der Waals surface area contributed by atoms with E-state index in [1.165, 1.54) is 6.33 Å². The van der Waals surface area contributed by atoms with Gasteiger partial charge in [-0.2, -0.15) is 0 Å². The summed E-state index contributed by atoms with van der Waals surface area (Å²) in [5.74, 6) is 0.323. The van der Waals surface area contributed by atoms with E-state index >= 15 is 0 Å². The van der Waals surface area contributed by atoms with E-state index in [1.54, 1.807) is 18.2 Å². The van der Waals surface area contributed by atoms with Gasteiger partial charge in [0.2, 0.25) is 0 Å². The topological polar surface area (TPSA) is 105 Å². The first kappa shape index (κ1) is 17.2. The van der Waals surface area contributed by atoms with Crippen molar-refractivity contribution >= 4 is 11.8 Å². The molecule has 9 heteroatoms. The Balaban J connectivity index is 1.76. The average Bonchev–Trinajstić information content (AvgIpc) is 3.21. The summed E-state index contributed by atoms with van der Waals surface area (Å²) in [6, 6.07) is -0.238. The van der Waals surface area contributed by atoms with Crippen molar-refractivity contribution in [3.05, 3.63) is 35.4 Å². The van der Waals surface area contributed by atoms with Crippen LogP contribution < -0.4 is 5.32 Å². The number of amides is 2. The Bertz CT molecular complexity index is 781. The molecule has 0 aliphatic carbocycles. The Morgan fingerprint density at radius 3 is 2.92 bits per heavy atom. The second kappa shape index (κ2) is 7.06. The second-order valence-electron chi connectivity index (χ2n) is 5.98. The number of aryl methyl sites for hydroxylation is 1. The smallest absolute Gasteiger partial charge is 0.274 e. The number of rotatable bonds is 5. The number of nitrogens with one attached hydrogen (secondary N) is 2. The standard InChI is InChI=1S/C16H22N6O3/c1-10-13(19-9-18-10)16(24)22-6-5-21-8-12(20-14(21)11(22)2)15(23)17-4-7-25-3/h8-9,11H,4-7H2,1-3H3,(H,17,23)(H,18,19)/t11-/m1/s1. The third kappa shape index (κ3) is 3.27. The SMILES string of the molecule is COCCNC(=O)c1cn2c(n1)[C@@H](C)N(C(=O)c1nc[nH]c1C)CC2. The lowest BCUT2D eigenvalue weighted by Gasteiger charge is -2.33. The predicted octanol–water partition coefficient (Wildman–Crippen LogP) is 0.508. The normalized spacial score (nSPS) is 16.6. The number of fused-ring (bicyclic) bond motifs is 1. The van der Waals surface area contributed by atoms with Crippen LogP contribution in [-0.2, 0) is 11.3 Å². The van der Waals surface area contributed by atoms with E-state index in [0.29, 0.717) is 43.5 Å². The molecule has 134 valence electrons. The minimum Gasteiger partial charge on any atom is -0.383 e. The molecule has 0 aromatic carbocycles. The number of carbonyl (C=O) groups is 2. The molecule has 2 amide bonds. The highest BCUT2D eigenvalue weighted by molar-refractivity contribution is 5.94. The summed E-state index contributed by atoms with van der Waals surface area (Å²) in [6.07, 6.45) is 3.25. The molecule has 0 saturated carbocycles. The van der Waals surface area contributed by atoms with E-state index in [1.807, 2.05) is 18.4 Å². The van der Waals surface area contributed by atoms with E-state index in [-0.39, 0.29) is 17.9 Å². The predicted molar refractivity (Wildman–Crippen MR) is 89.2 cm³/mol. The third-order valence-corrected chi connectivity index (χ3v) is 4.35. The number of aromatic nitrogens is 4. The molecule has 25 heavy (non-hydrogen) atoms. The lowest BCUT2D eigenvalue weighted by Crippen LogP contribution is -2.41. The van der Waals surface area contributed by atoms with Gasteiger partial charge in [0.25, 0.3) is 11.8 Å². The molecule has 0 radical (unpaired) electrons. The highest BCUT2D eigenvalue weighted by Crippen LogP contribution is 2.26. The lowest BCUT2D eigenvalue weighted by atomic mass is 10.2. The first-order valence-electron chi connectivity index (χ1n) is 8.18. The first-order valence-corrected chi connectivity index (χ1v) is 8.18. The Labute approximate surface area is 145 Å². The zero-order valence-corrected chi connectivity index (χ0v) is 14.6. The van der Waals surface area contributed by atoms with E-state index in [2.05, 4.69) is 20.3 Å². The zero-order chi connectivity index (χ0) is 18.0. The Morgan fingerprint density at radius 2 is 2.24 bits per heavy atom. The van der Waals surface area contributed by atoms with Gasteiger partial charge in [0.15, 0.2) is 0 Å². The fourth-order valence-electron chi connectivity index (χ4n) is 2.95. The molecule has 2 aromatic rings. The van der Waals surface area contributed by atoms with Crippen LogP contribution in [0.15, 0.2) is 12.5 Å². The fourth-order valence-corrected chi connectivity index (χ4v) is 2.95. The summed E-state index contributed by atoms with van der Waals surface area (Å²) in [5.41, 5.74) is 1.51. The van der Waals surface area contributed by atoms with Gasteiger partial charge in [-0.1, -0.05) is 0 Å². The van der Waals surface area contributed by atoms with Crippen LogP contribution in [0.4, 0.5) is 0 Å². The van der Waals surface area contributed by atoms with Crippen LogP contribution in [0, 0.1) is 6.92 Å². The van der Waals surface area contributed by atoms with Crippen LogP contribution in [0.3, 0.4) is 0 Å². The maximum Gasteiger partial charge on any atom is 0.274 e. The van der Waals surface area contributed by atoms with Crippen molar-refractivity contribution in [2.24, 2.45) is 0 Å². The van der Waals surface area contributed by atoms with Crippen LogP contribution in [0.25, 0.3) is 0 Å². The van der Waals surface area contributed by atoms with Gasteiger partial charge < -0.3 is 24.5 Å². The molecule has 0 bridgehead atoms. The summed E-state index contributed by atoms with van der Waals surface area (Å²) < 4.78 is 6.85. The second-order valence-corrected chi connectivity index (χ2v) is 5.98. The molecule has 1 atom stereocenters. The highest BCUT2D eigenvalue weighted by Gasteiger charge is 2.32. The van der Waals surface area contributed by atoms with Crippen molar-refractivity contribution < 1.29 is 14.3 Å². The largest absolute Gasteiger partial charge is 0.383 e. The molecule has 1 aliphatic heterocycles. The minimum absolute atomic E-state index is 0.133. The van der Waals surface area contributed by atoms with Gasteiger partial charge in [-0.15, -0.1) is 0 Å². The number of nitrogens with zero attached hydrogens (tertiary/aromatic N) is 4. The van der Waals surface area contributed by atoms with Gasteiger partial charge in [0.05, 0.1) is 19.0 Å². The summed E-state index contributed by atoms with van der Waals surface area (Å²) in [7, 11) is 1.58. The van der Waals surface area contributed by atoms with Gasteiger partial charge >= 0.3 is 0 Å². The number of aromatic amines is 1. The van der Waals surface area contributed by atoms with Crippen LogP contribution in [0.2, 0.25) is 0 Å². The molecule has 2 N–H and O–H groups in total. The van der Waals surface area contributed by atoms with Gasteiger partial charge in [0.1, 0.15) is 17.2 Å². The Morgan fingerprint density at radius 1 is 1.44 bits per heavy atom. The van der Waals surface area contributed by atoms with Crippen molar-refractivity contribution in [3.8, 4) is 0 Å². The molecule has 0 saturated heterocycles. The number of hydrogen-bond acceptors (Lipinski definition) is 5. The van der Waals surface area contributed by atoms with Crippen LogP contribution in [0.1, 0.15) is 45.5 Å². The number of imidazole rings is 2. The van der Waals surface area contributed by atoms with Gasteiger partial charge in [-0.3, -0.25) is 9.59 Å². The Kier molecular flexibility index (Phi) is 4.84. The maximum absolute atomic E-state index is 12.7. The zero-order valence-electron chi connectivity index (χ0n) is 14.6. The van der Waals surface area contributed by atoms with Crippen LogP contribution in [0.5, 0.6) is 0 Å². The summed E-state index contributed by atoms with van der Waals surface area (Å²) in [5, 5.41) is 2.75. The molecular formula is C16H22N6O3. The third-order valence-electron chi connectivity index (χ3n) is 4.35. The molecule has 0 spiro atoms. The minimum atomic E-state index is -0.243. The van der Waals surface area contributed by atoms with Gasteiger partial charge in [0, 0.05) is 38.6 Å². The molecule has 3 heterocycles. The van der Waals surface area contributed by atoms with Gasteiger partial charge in [-0.25, -0.2) is 9.97 Å². The monoisotopic (exact) mass is 346 g/mol. The van der Waals surface area contributed by atoms with E-state index in [9.17, 15) is 9.59 Å². The number of H-pyrrole nitrogens is 1. The van der Waals surface area contributed by atoms with Crippen LogP contribution in [-0.4, -0.2) is 63.0 Å². The molecule has 9 nitrogen and oxygen atoms in total. The lowest BCUT2D eigenvalue weighted by molar-refractivity contribution is 0.0631. The number of ether oxygens (including phenoxy) is 1. The molecule has 0 unspecified atom stereocenters. The highest BCUT2D eigenvalue weighted by atomic mass is 16.5. The Hall–Kier alpha value is -2.68. The molecule has 2 aromatic heterocycles. The van der Waals surface area contributed by atoms with Crippen molar-refractivity contribution in [2.45, 2.75) is 26.4 Å². The molecular weight excluding hydrogens is 324 g/mol. The summed E-state index contributed by atoms with van der Waals surface area (Å²) >= 11 is 0. The van der Waals surface area contributed by atoms with E-state index < -0.39 is 0 Å². The quantitative estimate of drug-likeness (QED) is 0.768. The maximum atomic E-state index is 12.7. The molecule has 0 fully saturated rings. The number of methoxy groups -OCH3 is 1. The average molecular weight is 346 g/mol. The van der Waals surface area contributed by atoms with Crippen molar-refractivity contribution in [1.29, 1.82) is 0 Å². The van der Waals surface area contributed by atoms with Crippen molar-refractivity contribution in [3.63, 3.8) is 0 Å². The number of hydrogen-bond donors (Lipinski definition) is 2. The number of carbonyl (C=O) groups excluding carboxylic acids is 2. The van der Waals surface area contributed by atoms with E-state index in [4.69, 9.17) is 4.74 Å². The summed E-state index contributed by atoms with van der Waals surface area (Å²) in [4.78, 5) is 38.1. The van der Waals surface area contributed by atoms with E-state index in [0.717, 1.165) is 5.69 Å². The van der Waals surface area contributed by atoms with Gasteiger partial charge in [-0.05, 0) is 13.8 Å². The molecule has 1 aliphatic rings. The summed E-state index contributed by atoms with van der Waals surface area (Å²) in [6.45, 7) is 5.73. The fraction of sp³-hybridized carbons (Fsp3) is 0.500. The first-order chi connectivity index (χ1) is 12.0. The van der Waals surface area contributed by atoms with Crippen LogP contribution >= 0.6 is 0 Å². The van der Waals surface area contributed by atoms with Crippen molar-refractivity contribution in [1.82, 2.24) is 29.7 Å². The van der Waals surface area contributed by atoms with Crippen molar-refractivity contribution in [2.75, 3.05) is 26.8 Å².